The van der Waals surface area contributed by atoms with Crippen LogP contribution < -0.4 is 15.2 Å². The summed E-state index contributed by atoms with van der Waals surface area (Å²) in [6, 6.07) is 5.87. The molecule has 1 aromatic carbocycles. The Kier molecular flexibility index (Phi) is 2.90. The van der Waals surface area contributed by atoms with E-state index in [0.29, 0.717) is 19.8 Å². The van der Waals surface area contributed by atoms with Crippen LogP contribution in [0.4, 0.5) is 0 Å². The number of benzene rings is 1. The van der Waals surface area contributed by atoms with Gasteiger partial charge in [-0.15, -0.1) is 0 Å². The first-order valence-corrected chi connectivity index (χ1v) is 6.00. The molecule has 0 bridgehead atoms. The van der Waals surface area contributed by atoms with Crippen LogP contribution >= 0.6 is 0 Å². The molecule has 0 atom stereocenters. The first-order valence-electron chi connectivity index (χ1n) is 6.00. The van der Waals surface area contributed by atoms with E-state index < -0.39 is 0 Å². The summed E-state index contributed by atoms with van der Waals surface area (Å²) in [5, 5.41) is 0. The number of imidazole rings is 1. The average molecular weight is 245 g/mol. The highest BCUT2D eigenvalue weighted by atomic mass is 16.5. The Hall–Kier alpha value is -2.01. The molecule has 0 saturated heterocycles. The largest absolute Gasteiger partial charge is 0.490 e. The van der Waals surface area contributed by atoms with E-state index in [1.807, 2.05) is 22.8 Å². The van der Waals surface area contributed by atoms with Crippen molar-refractivity contribution >= 4 is 0 Å². The van der Waals surface area contributed by atoms with Gasteiger partial charge in [0, 0.05) is 25.2 Å². The zero-order valence-electron chi connectivity index (χ0n) is 10.0. The molecule has 0 spiro atoms. The van der Waals surface area contributed by atoms with Crippen molar-refractivity contribution in [2.75, 3.05) is 13.2 Å². The third kappa shape index (κ3) is 1.93. The Balaban J connectivity index is 2.01. The van der Waals surface area contributed by atoms with E-state index in [1.54, 1.807) is 12.5 Å². The van der Waals surface area contributed by atoms with Crippen LogP contribution in [-0.2, 0) is 6.54 Å². The van der Waals surface area contributed by atoms with E-state index in [1.165, 1.54) is 0 Å². The van der Waals surface area contributed by atoms with Crippen LogP contribution in [-0.4, -0.2) is 22.8 Å². The number of hydrogen-bond acceptors (Lipinski definition) is 4. The predicted molar refractivity (Wildman–Crippen MR) is 67.1 cm³/mol. The van der Waals surface area contributed by atoms with E-state index in [0.717, 1.165) is 29.3 Å². The minimum atomic E-state index is 0.453. The van der Waals surface area contributed by atoms with Crippen LogP contribution in [0.25, 0.3) is 5.69 Å². The van der Waals surface area contributed by atoms with Crippen molar-refractivity contribution in [3.8, 4) is 17.2 Å². The summed E-state index contributed by atoms with van der Waals surface area (Å²) < 4.78 is 13.2. The van der Waals surface area contributed by atoms with Crippen molar-refractivity contribution in [1.82, 2.24) is 9.55 Å². The highest BCUT2D eigenvalue weighted by Crippen LogP contribution is 2.31. The molecule has 1 aliphatic heterocycles. The molecule has 0 fully saturated rings. The molecular weight excluding hydrogens is 230 g/mol. The number of hydrogen-bond donors (Lipinski definition) is 1. The van der Waals surface area contributed by atoms with Crippen LogP contribution in [0.5, 0.6) is 11.5 Å². The highest BCUT2D eigenvalue weighted by molar-refractivity contribution is 5.49. The van der Waals surface area contributed by atoms with Gasteiger partial charge in [-0.2, -0.15) is 0 Å². The summed E-state index contributed by atoms with van der Waals surface area (Å²) in [5.41, 5.74) is 7.62. The molecule has 1 aromatic heterocycles. The van der Waals surface area contributed by atoms with Crippen molar-refractivity contribution in [1.29, 1.82) is 0 Å². The van der Waals surface area contributed by atoms with Gasteiger partial charge in [-0.1, -0.05) is 0 Å². The molecule has 2 N–H and O–H groups in total. The molecule has 3 rings (SSSR count). The minimum absolute atomic E-state index is 0.453. The Bertz CT molecular complexity index is 551. The summed E-state index contributed by atoms with van der Waals surface area (Å²) >= 11 is 0. The zero-order chi connectivity index (χ0) is 12.4. The number of aromatic nitrogens is 2. The van der Waals surface area contributed by atoms with E-state index >= 15 is 0 Å². The zero-order valence-corrected chi connectivity index (χ0v) is 10.0. The summed E-state index contributed by atoms with van der Waals surface area (Å²) in [6.07, 6.45) is 4.42. The fraction of sp³-hybridized carbons (Fsp3) is 0.308. The molecule has 0 unspecified atom stereocenters. The van der Waals surface area contributed by atoms with E-state index in [2.05, 4.69) is 4.98 Å². The molecule has 5 nitrogen and oxygen atoms in total. The molecule has 5 heteroatoms. The lowest BCUT2D eigenvalue weighted by atomic mass is 10.2. The maximum atomic E-state index is 5.68. The predicted octanol–water partition coefficient (Wildman–Crippen LogP) is 1.49. The molecule has 0 aliphatic carbocycles. The smallest absolute Gasteiger partial charge is 0.163 e. The lowest BCUT2D eigenvalue weighted by Crippen LogP contribution is -2.04. The van der Waals surface area contributed by atoms with E-state index in [9.17, 15) is 0 Å². The Morgan fingerprint density at radius 3 is 2.89 bits per heavy atom. The Morgan fingerprint density at radius 2 is 2.06 bits per heavy atom. The van der Waals surface area contributed by atoms with Gasteiger partial charge < -0.3 is 19.8 Å². The highest BCUT2D eigenvalue weighted by Gasteiger charge is 2.12. The summed E-state index contributed by atoms with van der Waals surface area (Å²) in [7, 11) is 0. The number of rotatable bonds is 2. The van der Waals surface area contributed by atoms with Crippen LogP contribution in [0.1, 0.15) is 12.1 Å². The van der Waals surface area contributed by atoms with Gasteiger partial charge in [-0.25, -0.2) is 4.98 Å². The van der Waals surface area contributed by atoms with Crippen LogP contribution in [0.15, 0.2) is 30.7 Å². The molecule has 1 aliphatic rings. The maximum absolute atomic E-state index is 5.68. The summed E-state index contributed by atoms with van der Waals surface area (Å²) in [4.78, 5) is 4.11. The second-order valence-electron chi connectivity index (χ2n) is 4.14. The van der Waals surface area contributed by atoms with Crippen molar-refractivity contribution in [2.24, 2.45) is 5.73 Å². The Morgan fingerprint density at radius 1 is 1.22 bits per heavy atom. The second kappa shape index (κ2) is 4.70. The minimum Gasteiger partial charge on any atom is -0.490 e. The van der Waals surface area contributed by atoms with Crippen LogP contribution in [0.3, 0.4) is 0 Å². The fourth-order valence-electron chi connectivity index (χ4n) is 2.01. The van der Waals surface area contributed by atoms with Crippen LogP contribution in [0.2, 0.25) is 0 Å². The molecule has 2 aromatic rings. The molecule has 0 saturated carbocycles. The monoisotopic (exact) mass is 245 g/mol. The summed E-state index contributed by atoms with van der Waals surface area (Å²) in [5.74, 6) is 1.58. The molecular formula is C13H15N3O2. The van der Waals surface area contributed by atoms with Gasteiger partial charge >= 0.3 is 0 Å². The lowest BCUT2D eigenvalue weighted by molar-refractivity contribution is 0.297. The van der Waals surface area contributed by atoms with Gasteiger partial charge in [-0.3, -0.25) is 0 Å². The number of fused-ring (bicyclic) bond motifs is 1. The maximum Gasteiger partial charge on any atom is 0.163 e. The SMILES string of the molecule is NCc1cncn1-c1ccc2c(c1)OCCCO2. The third-order valence-corrected chi connectivity index (χ3v) is 2.93. The quantitative estimate of drug-likeness (QED) is 0.870. The average Bonchev–Trinajstić information content (AvgIpc) is 2.76. The Labute approximate surface area is 105 Å². The molecule has 18 heavy (non-hydrogen) atoms. The molecule has 94 valence electrons. The lowest BCUT2D eigenvalue weighted by Gasteiger charge is -2.11. The molecule has 0 radical (unpaired) electrons. The van der Waals surface area contributed by atoms with Crippen LogP contribution in [0, 0.1) is 0 Å². The van der Waals surface area contributed by atoms with Crippen molar-refractivity contribution < 1.29 is 9.47 Å². The first-order chi connectivity index (χ1) is 8.88. The van der Waals surface area contributed by atoms with Gasteiger partial charge in [0.1, 0.15) is 0 Å². The first kappa shape index (κ1) is 11.1. The number of nitrogens with two attached hydrogens (primary N) is 1. The van der Waals surface area contributed by atoms with E-state index in [4.69, 9.17) is 15.2 Å². The van der Waals surface area contributed by atoms with Gasteiger partial charge in [0.25, 0.3) is 0 Å². The van der Waals surface area contributed by atoms with Gasteiger partial charge in [0.15, 0.2) is 11.5 Å². The normalized spacial score (nSPS) is 14.3. The van der Waals surface area contributed by atoms with Crippen molar-refractivity contribution in [3.05, 3.63) is 36.4 Å². The topological polar surface area (TPSA) is 62.3 Å². The summed E-state index contributed by atoms with van der Waals surface area (Å²) in [6.45, 7) is 1.84. The van der Waals surface area contributed by atoms with Crippen molar-refractivity contribution in [2.45, 2.75) is 13.0 Å². The number of ether oxygens (including phenoxy) is 2. The molecule has 0 amide bonds. The number of nitrogens with zero attached hydrogens (tertiary/aromatic N) is 2. The third-order valence-electron chi connectivity index (χ3n) is 2.93. The fourth-order valence-corrected chi connectivity index (χ4v) is 2.01. The van der Waals surface area contributed by atoms with Gasteiger partial charge in [-0.05, 0) is 12.1 Å². The standard InChI is InChI=1S/C13H15N3O2/c14-7-11-8-15-9-16(11)10-2-3-12-13(6-10)18-5-1-4-17-12/h2-3,6,8-9H,1,4-5,7,14H2. The molecule has 2 heterocycles. The van der Waals surface area contributed by atoms with Gasteiger partial charge in [0.05, 0.1) is 30.9 Å². The van der Waals surface area contributed by atoms with Gasteiger partial charge in [0.2, 0.25) is 0 Å². The van der Waals surface area contributed by atoms with E-state index in [-0.39, 0.29) is 0 Å². The second-order valence-corrected chi connectivity index (χ2v) is 4.14. The van der Waals surface area contributed by atoms with Crippen molar-refractivity contribution in [3.63, 3.8) is 0 Å².